The van der Waals surface area contributed by atoms with Crippen molar-refractivity contribution in [1.82, 2.24) is 0 Å². The summed E-state index contributed by atoms with van der Waals surface area (Å²) < 4.78 is 4.00. The molecule has 0 amide bonds. The summed E-state index contributed by atoms with van der Waals surface area (Å²) in [6.07, 6.45) is 0. The summed E-state index contributed by atoms with van der Waals surface area (Å²) in [6, 6.07) is 0. The number of carbonyl (C=O) groups is 1. The smallest absolute Gasteiger partial charge is 0.492 e. The van der Waals surface area contributed by atoms with Gasteiger partial charge in [0.2, 0.25) is 0 Å². The molecular weight excluding hydrogens is 153 g/mol. The third-order valence-electron chi connectivity index (χ3n) is 0.228. The number of ether oxygens (including phenoxy) is 1. The van der Waals surface area contributed by atoms with Crippen molar-refractivity contribution >= 4 is 5.97 Å². The number of hydrogen-bond donors (Lipinski definition) is 0. The Balaban J connectivity index is 0. The molecule has 0 aliphatic heterocycles. The zero-order chi connectivity index (χ0) is 4.28. The number of hydrogen-bond acceptors (Lipinski definition) is 2. The van der Waals surface area contributed by atoms with Crippen molar-refractivity contribution in [2.24, 2.45) is 0 Å². The molecule has 0 spiro atoms. The number of esters is 1. The van der Waals surface area contributed by atoms with Gasteiger partial charge in [0, 0.05) is 0 Å². The molecule has 0 atom stereocenters. The van der Waals surface area contributed by atoms with E-state index in [1.807, 2.05) is 0 Å². The summed E-state index contributed by atoms with van der Waals surface area (Å²) in [5.41, 5.74) is 0. The fourth-order valence-corrected chi connectivity index (χ4v) is 0. The molecule has 6 heavy (non-hydrogen) atoms. The van der Waals surface area contributed by atoms with Crippen LogP contribution < -0.4 is 58.2 Å². The third kappa shape index (κ3) is 8.94. The molecule has 0 fully saturated rings. The number of methoxy groups -OCH3 is 1. The summed E-state index contributed by atoms with van der Waals surface area (Å²) >= 11 is 0. The van der Waals surface area contributed by atoms with Crippen LogP contribution in [0.25, 0.3) is 0 Å². The zero-order valence-electron chi connectivity index (χ0n) is 4.02. The first-order chi connectivity index (χ1) is 2.27. The van der Waals surface area contributed by atoms with Gasteiger partial charge in [0.05, 0.1) is 7.11 Å². The molecule has 0 rings (SSSR count). The first kappa shape index (κ1) is 10.2. The van der Waals surface area contributed by atoms with Crippen LogP contribution in [-0.4, -0.2) is 13.1 Å². The van der Waals surface area contributed by atoms with Crippen LogP contribution in [0.4, 0.5) is 0 Å². The van der Waals surface area contributed by atoms with Gasteiger partial charge in [-0.05, 0) is 0 Å². The largest absolute Gasteiger partial charge is 1.00 e. The standard InChI is InChI=1S/C3H5O2.Rb/c1-3(4)5-2;/h1H2,2H3;/q-1;+1. The molecule has 0 radical (unpaired) electrons. The van der Waals surface area contributed by atoms with E-state index in [0.29, 0.717) is 0 Å². The summed E-state index contributed by atoms with van der Waals surface area (Å²) in [4.78, 5) is 9.48. The maximum Gasteiger partial charge on any atom is 1.00 e. The number of carbonyl (C=O) groups excluding carboxylic acids is 1. The van der Waals surface area contributed by atoms with Crippen LogP contribution in [-0.2, 0) is 9.53 Å². The minimum absolute atomic E-state index is 0. The Morgan fingerprint density at radius 3 is 2.00 bits per heavy atom. The molecule has 30 valence electrons. The average molecular weight is 159 g/mol. The fraction of sp³-hybridized carbons (Fsp3) is 0.333. The van der Waals surface area contributed by atoms with Gasteiger partial charge < -0.3 is 4.74 Å². The molecular formula is C3H5O2Rb. The molecule has 0 aromatic rings. The van der Waals surface area contributed by atoms with Crippen LogP contribution in [0, 0.1) is 6.92 Å². The van der Waals surface area contributed by atoms with E-state index in [4.69, 9.17) is 0 Å². The predicted octanol–water partition coefficient (Wildman–Crippen LogP) is -3.00. The average Bonchev–Trinajstić information content (AvgIpc) is 1.38. The van der Waals surface area contributed by atoms with Crippen molar-refractivity contribution in [1.29, 1.82) is 0 Å². The van der Waals surface area contributed by atoms with Crippen LogP contribution in [0.5, 0.6) is 0 Å². The van der Waals surface area contributed by atoms with Crippen molar-refractivity contribution in [3.8, 4) is 0 Å². The molecule has 0 N–H and O–H groups in total. The molecule has 0 aromatic carbocycles. The second-order valence-corrected chi connectivity index (χ2v) is 0.576. The molecule has 2 nitrogen and oxygen atoms in total. The van der Waals surface area contributed by atoms with Crippen molar-refractivity contribution < 1.29 is 67.7 Å². The molecule has 0 saturated carbocycles. The van der Waals surface area contributed by atoms with Crippen LogP contribution >= 0.6 is 0 Å². The second kappa shape index (κ2) is 6.15. The minimum atomic E-state index is -0.495. The summed E-state index contributed by atoms with van der Waals surface area (Å²) in [6.45, 7) is 2.90. The minimum Gasteiger partial charge on any atom is -0.492 e. The third-order valence-corrected chi connectivity index (χ3v) is 0.228. The van der Waals surface area contributed by atoms with Gasteiger partial charge in [0.15, 0.2) is 5.97 Å². The quantitative estimate of drug-likeness (QED) is 0.278. The Labute approximate surface area is 86.0 Å². The molecule has 0 aromatic heterocycles. The predicted molar refractivity (Wildman–Crippen MR) is 17.4 cm³/mol. The van der Waals surface area contributed by atoms with E-state index in [0.717, 1.165) is 0 Å². The molecule has 0 aliphatic rings. The molecule has 0 heterocycles. The van der Waals surface area contributed by atoms with E-state index >= 15 is 0 Å². The van der Waals surface area contributed by atoms with E-state index < -0.39 is 5.97 Å². The maximum atomic E-state index is 9.48. The maximum absolute atomic E-state index is 9.48. The van der Waals surface area contributed by atoms with Gasteiger partial charge in [-0.3, -0.25) is 11.7 Å². The fourth-order valence-electron chi connectivity index (χ4n) is 0. The Kier molecular flexibility index (Phi) is 10.4. The van der Waals surface area contributed by atoms with Gasteiger partial charge >= 0.3 is 58.2 Å². The Bertz CT molecular complexity index is 44.1. The molecule has 0 aliphatic carbocycles. The first-order valence-electron chi connectivity index (χ1n) is 1.17. The normalized spacial score (nSPS) is 5.50. The van der Waals surface area contributed by atoms with Crippen molar-refractivity contribution in [3.63, 3.8) is 0 Å². The van der Waals surface area contributed by atoms with Gasteiger partial charge in [-0.2, -0.15) is 0 Å². The first-order valence-corrected chi connectivity index (χ1v) is 1.17. The molecule has 3 heteroatoms. The van der Waals surface area contributed by atoms with E-state index in [-0.39, 0.29) is 58.2 Å². The summed E-state index contributed by atoms with van der Waals surface area (Å²) in [5, 5.41) is 0. The number of rotatable bonds is 0. The van der Waals surface area contributed by atoms with E-state index in [1.54, 1.807) is 0 Å². The molecule has 0 unspecified atom stereocenters. The second-order valence-electron chi connectivity index (χ2n) is 0.576. The van der Waals surface area contributed by atoms with Crippen LogP contribution in [0.2, 0.25) is 0 Å². The topological polar surface area (TPSA) is 26.3 Å². The van der Waals surface area contributed by atoms with Crippen molar-refractivity contribution in [3.05, 3.63) is 6.92 Å². The molecule has 0 bridgehead atoms. The van der Waals surface area contributed by atoms with Gasteiger partial charge in [-0.1, -0.05) is 0 Å². The van der Waals surface area contributed by atoms with Crippen molar-refractivity contribution in [2.75, 3.05) is 7.11 Å². The van der Waals surface area contributed by atoms with Gasteiger partial charge in [-0.15, -0.1) is 0 Å². The van der Waals surface area contributed by atoms with Gasteiger partial charge in [0.25, 0.3) is 0 Å². The monoisotopic (exact) mass is 158 g/mol. The van der Waals surface area contributed by atoms with E-state index in [1.165, 1.54) is 7.11 Å². The molecule has 0 saturated heterocycles. The van der Waals surface area contributed by atoms with E-state index in [2.05, 4.69) is 11.7 Å². The van der Waals surface area contributed by atoms with Crippen molar-refractivity contribution in [2.45, 2.75) is 0 Å². The Morgan fingerprint density at radius 1 is 1.83 bits per heavy atom. The SMILES string of the molecule is [CH2-]C(=O)OC.[Rb+]. The summed E-state index contributed by atoms with van der Waals surface area (Å²) in [7, 11) is 1.29. The Hall–Kier alpha value is 1.15. The van der Waals surface area contributed by atoms with Crippen LogP contribution in [0.15, 0.2) is 0 Å². The van der Waals surface area contributed by atoms with Crippen LogP contribution in [0.1, 0.15) is 0 Å². The Morgan fingerprint density at radius 2 is 2.00 bits per heavy atom. The van der Waals surface area contributed by atoms with E-state index in [9.17, 15) is 4.79 Å². The van der Waals surface area contributed by atoms with Gasteiger partial charge in [-0.25, -0.2) is 0 Å². The van der Waals surface area contributed by atoms with Gasteiger partial charge in [0.1, 0.15) is 0 Å². The zero-order valence-corrected chi connectivity index (χ0v) is 8.94. The van der Waals surface area contributed by atoms with Crippen LogP contribution in [0.3, 0.4) is 0 Å². The summed E-state index contributed by atoms with van der Waals surface area (Å²) in [5.74, 6) is -0.495.